The number of anilines is 1. The molecule has 0 aromatic carbocycles. The van der Waals surface area contributed by atoms with Crippen LogP contribution in [-0.4, -0.2) is 25.6 Å². The van der Waals surface area contributed by atoms with Gasteiger partial charge in [-0.3, -0.25) is 0 Å². The molecule has 90 valence electrons. The van der Waals surface area contributed by atoms with E-state index in [1.807, 2.05) is 27.9 Å². The van der Waals surface area contributed by atoms with E-state index in [9.17, 15) is 0 Å². The highest BCUT2D eigenvalue weighted by Crippen LogP contribution is 2.23. The summed E-state index contributed by atoms with van der Waals surface area (Å²) in [5, 5.41) is 3.39. The van der Waals surface area contributed by atoms with Crippen LogP contribution in [-0.2, 0) is 6.54 Å². The van der Waals surface area contributed by atoms with Crippen LogP contribution in [0.4, 0.5) is 5.82 Å². The third kappa shape index (κ3) is 2.73. The summed E-state index contributed by atoms with van der Waals surface area (Å²) < 4.78 is 0. The monoisotopic (exact) mass is 221 g/mol. The molecule has 3 nitrogen and oxygen atoms in total. The second-order valence-electron chi connectivity index (χ2n) is 4.14. The molecule has 1 aromatic heterocycles. The van der Waals surface area contributed by atoms with E-state index in [1.54, 1.807) is 0 Å². The number of nitrogens with zero attached hydrogens (tertiary/aromatic N) is 2. The van der Waals surface area contributed by atoms with E-state index in [-0.39, 0.29) is 0 Å². The summed E-state index contributed by atoms with van der Waals surface area (Å²) in [4.78, 5) is 6.73. The first kappa shape index (κ1) is 13.0. The van der Waals surface area contributed by atoms with E-state index in [2.05, 4.69) is 34.3 Å². The average Bonchev–Trinajstić information content (AvgIpc) is 2.32. The Bertz CT molecular complexity index is 334. The lowest BCUT2D eigenvalue weighted by atomic mass is 9.98. The molecule has 1 atom stereocenters. The Labute approximate surface area is 98.9 Å². The molecule has 0 aliphatic carbocycles. The molecule has 0 fully saturated rings. The summed E-state index contributed by atoms with van der Waals surface area (Å²) in [6, 6.07) is 4.26. The van der Waals surface area contributed by atoms with Gasteiger partial charge in [-0.25, -0.2) is 4.98 Å². The van der Waals surface area contributed by atoms with Crippen molar-refractivity contribution in [2.45, 2.75) is 33.2 Å². The number of nitrogens with one attached hydrogen (secondary N) is 1. The van der Waals surface area contributed by atoms with Crippen LogP contribution in [0.2, 0.25) is 0 Å². The Balaban J connectivity index is 0.000000606. The van der Waals surface area contributed by atoms with Crippen LogP contribution in [0.5, 0.6) is 0 Å². The Hall–Kier alpha value is -1.09. The summed E-state index contributed by atoms with van der Waals surface area (Å²) in [7, 11) is 4.06. The zero-order chi connectivity index (χ0) is 12.1. The number of aromatic nitrogens is 1. The molecular formula is C13H23N3. The lowest BCUT2D eigenvalue weighted by molar-refractivity contribution is 0.556. The van der Waals surface area contributed by atoms with Gasteiger partial charge in [-0.05, 0) is 11.6 Å². The predicted molar refractivity (Wildman–Crippen MR) is 70.0 cm³/mol. The van der Waals surface area contributed by atoms with Crippen molar-refractivity contribution in [1.29, 1.82) is 0 Å². The van der Waals surface area contributed by atoms with Gasteiger partial charge in [0.1, 0.15) is 5.82 Å². The normalized spacial score (nSPS) is 18.2. The van der Waals surface area contributed by atoms with Crippen molar-refractivity contribution >= 4 is 5.82 Å². The summed E-state index contributed by atoms with van der Waals surface area (Å²) in [6.45, 7) is 8.22. The molecule has 1 aliphatic heterocycles. The molecule has 0 amide bonds. The maximum absolute atomic E-state index is 4.68. The van der Waals surface area contributed by atoms with Gasteiger partial charge in [0.2, 0.25) is 0 Å². The largest absolute Gasteiger partial charge is 0.363 e. The highest BCUT2D eigenvalue weighted by Gasteiger charge is 2.17. The molecule has 1 unspecified atom stereocenters. The first-order chi connectivity index (χ1) is 7.68. The smallest absolute Gasteiger partial charge is 0.128 e. The number of hydrogen-bond acceptors (Lipinski definition) is 3. The van der Waals surface area contributed by atoms with E-state index in [0.717, 1.165) is 18.9 Å². The van der Waals surface area contributed by atoms with Crippen molar-refractivity contribution in [3.05, 3.63) is 23.4 Å². The third-order valence-corrected chi connectivity index (χ3v) is 2.69. The second-order valence-corrected chi connectivity index (χ2v) is 4.14. The number of pyridine rings is 1. The molecular weight excluding hydrogens is 198 g/mol. The Kier molecular flexibility index (Phi) is 4.74. The van der Waals surface area contributed by atoms with Crippen LogP contribution < -0.4 is 10.2 Å². The summed E-state index contributed by atoms with van der Waals surface area (Å²) >= 11 is 0. The molecule has 2 rings (SSSR count). The van der Waals surface area contributed by atoms with E-state index < -0.39 is 0 Å². The van der Waals surface area contributed by atoms with Gasteiger partial charge in [0, 0.05) is 33.1 Å². The zero-order valence-corrected chi connectivity index (χ0v) is 11.0. The second kappa shape index (κ2) is 5.85. The fourth-order valence-electron chi connectivity index (χ4n) is 1.84. The topological polar surface area (TPSA) is 28.2 Å². The van der Waals surface area contributed by atoms with Gasteiger partial charge in [-0.1, -0.05) is 26.8 Å². The van der Waals surface area contributed by atoms with Crippen molar-refractivity contribution in [1.82, 2.24) is 10.3 Å². The maximum Gasteiger partial charge on any atom is 0.128 e. The van der Waals surface area contributed by atoms with E-state index in [4.69, 9.17) is 0 Å². The lowest BCUT2D eigenvalue weighted by Gasteiger charge is -2.24. The van der Waals surface area contributed by atoms with Crippen LogP contribution in [0, 0.1) is 0 Å². The predicted octanol–water partition coefficient (Wildman–Crippen LogP) is 2.38. The van der Waals surface area contributed by atoms with Gasteiger partial charge < -0.3 is 10.2 Å². The minimum Gasteiger partial charge on any atom is -0.363 e. The van der Waals surface area contributed by atoms with Crippen LogP contribution in [0.3, 0.4) is 0 Å². The van der Waals surface area contributed by atoms with Gasteiger partial charge in [0.15, 0.2) is 0 Å². The summed E-state index contributed by atoms with van der Waals surface area (Å²) in [5.74, 6) is 1.58. The van der Waals surface area contributed by atoms with Gasteiger partial charge in [-0.2, -0.15) is 0 Å². The Morgan fingerprint density at radius 2 is 2.00 bits per heavy atom. The Morgan fingerprint density at radius 3 is 2.62 bits per heavy atom. The van der Waals surface area contributed by atoms with E-state index >= 15 is 0 Å². The molecule has 0 spiro atoms. The molecule has 1 aromatic rings. The lowest BCUT2D eigenvalue weighted by Crippen LogP contribution is -2.28. The van der Waals surface area contributed by atoms with Crippen molar-refractivity contribution in [2.75, 3.05) is 25.5 Å². The first-order valence-electron chi connectivity index (χ1n) is 6.06. The van der Waals surface area contributed by atoms with E-state index in [0.29, 0.717) is 5.92 Å². The first-order valence-corrected chi connectivity index (χ1v) is 6.06. The fourth-order valence-corrected chi connectivity index (χ4v) is 1.84. The van der Waals surface area contributed by atoms with Crippen LogP contribution >= 0.6 is 0 Å². The number of hydrogen-bond donors (Lipinski definition) is 1. The summed E-state index contributed by atoms with van der Waals surface area (Å²) in [6.07, 6.45) is 0. The molecule has 1 aliphatic rings. The average molecular weight is 221 g/mol. The maximum atomic E-state index is 4.68. The third-order valence-electron chi connectivity index (χ3n) is 2.69. The van der Waals surface area contributed by atoms with Crippen LogP contribution in [0.15, 0.2) is 12.1 Å². The number of rotatable bonds is 1. The van der Waals surface area contributed by atoms with Crippen molar-refractivity contribution in [3.63, 3.8) is 0 Å². The van der Waals surface area contributed by atoms with Crippen molar-refractivity contribution in [2.24, 2.45) is 0 Å². The van der Waals surface area contributed by atoms with Gasteiger partial charge in [-0.15, -0.1) is 0 Å². The highest BCUT2D eigenvalue weighted by atomic mass is 15.1. The van der Waals surface area contributed by atoms with Crippen LogP contribution in [0.1, 0.15) is 37.9 Å². The SMILES string of the molecule is CC.CC1CNCc2ccc(N(C)C)nc21. The Morgan fingerprint density at radius 1 is 1.31 bits per heavy atom. The zero-order valence-electron chi connectivity index (χ0n) is 11.0. The number of fused-ring (bicyclic) bond motifs is 1. The van der Waals surface area contributed by atoms with Crippen LogP contribution in [0.25, 0.3) is 0 Å². The van der Waals surface area contributed by atoms with Gasteiger partial charge >= 0.3 is 0 Å². The van der Waals surface area contributed by atoms with Gasteiger partial charge in [0.05, 0.1) is 5.69 Å². The summed E-state index contributed by atoms with van der Waals surface area (Å²) in [5.41, 5.74) is 2.60. The van der Waals surface area contributed by atoms with E-state index in [1.165, 1.54) is 11.3 Å². The molecule has 3 heteroatoms. The molecule has 0 radical (unpaired) electrons. The quantitative estimate of drug-likeness (QED) is 0.789. The standard InChI is InChI=1S/C11H17N3.C2H6/c1-8-6-12-7-9-4-5-10(14(2)3)13-11(8)9;1-2/h4-5,8,12H,6-7H2,1-3H3;1-2H3. The molecule has 2 heterocycles. The van der Waals surface area contributed by atoms with Gasteiger partial charge in [0.25, 0.3) is 0 Å². The minimum atomic E-state index is 0.527. The highest BCUT2D eigenvalue weighted by molar-refractivity contribution is 5.41. The fraction of sp³-hybridized carbons (Fsp3) is 0.615. The molecule has 1 N–H and O–H groups in total. The molecule has 0 saturated heterocycles. The molecule has 16 heavy (non-hydrogen) atoms. The van der Waals surface area contributed by atoms with Crippen molar-refractivity contribution in [3.8, 4) is 0 Å². The van der Waals surface area contributed by atoms with Crippen molar-refractivity contribution < 1.29 is 0 Å². The minimum absolute atomic E-state index is 0.527. The molecule has 0 bridgehead atoms. The molecule has 0 saturated carbocycles.